The van der Waals surface area contributed by atoms with Crippen molar-refractivity contribution in [2.45, 2.75) is 6.92 Å². The SMILES string of the molecule is CCOC(=O)CSCC(=O)c1ccc(O)cc1O. The van der Waals surface area contributed by atoms with Gasteiger partial charge in [0.25, 0.3) is 0 Å². The summed E-state index contributed by atoms with van der Waals surface area (Å²) in [5.41, 5.74) is 0.129. The van der Waals surface area contributed by atoms with Crippen LogP contribution in [0.25, 0.3) is 0 Å². The Morgan fingerprint density at radius 3 is 2.61 bits per heavy atom. The summed E-state index contributed by atoms with van der Waals surface area (Å²) < 4.78 is 4.72. The van der Waals surface area contributed by atoms with Gasteiger partial charge < -0.3 is 14.9 Å². The van der Waals surface area contributed by atoms with E-state index in [2.05, 4.69) is 0 Å². The topological polar surface area (TPSA) is 83.8 Å². The van der Waals surface area contributed by atoms with E-state index in [9.17, 15) is 14.7 Å². The number of phenols is 2. The van der Waals surface area contributed by atoms with Gasteiger partial charge in [0.2, 0.25) is 0 Å². The number of hydrogen-bond acceptors (Lipinski definition) is 6. The second-order valence-electron chi connectivity index (χ2n) is 3.42. The Morgan fingerprint density at radius 1 is 1.28 bits per heavy atom. The van der Waals surface area contributed by atoms with Crippen LogP contribution in [-0.2, 0) is 9.53 Å². The molecule has 0 aliphatic carbocycles. The van der Waals surface area contributed by atoms with Gasteiger partial charge in [-0.15, -0.1) is 11.8 Å². The van der Waals surface area contributed by atoms with Gasteiger partial charge in [-0.2, -0.15) is 0 Å². The van der Waals surface area contributed by atoms with Gasteiger partial charge in [0.15, 0.2) is 5.78 Å². The highest BCUT2D eigenvalue weighted by Crippen LogP contribution is 2.23. The van der Waals surface area contributed by atoms with Gasteiger partial charge in [-0.05, 0) is 19.1 Å². The standard InChI is InChI=1S/C12H14O5S/c1-2-17-12(16)7-18-6-11(15)9-4-3-8(13)5-10(9)14/h3-5,13-14H,2,6-7H2,1H3. The molecule has 18 heavy (non-hydrogen) atoms. The van der Waals surface area contributed by atoms with Gasteiger partial charge in [0.05, 0.1) is 23.7 Å². The first-order valence-corrected chi connectivity index (χ1v) is 6.48. The maximum Gasteiger partial charge on any atom is 0.315 e. The molecule has 1 rings (SSSR count). The zero-order valence-electron chi connectivity index (χ0n) is 9.88. The molecule has 0 atom stereocenters. The van der Waals surface area contributed by atoms with Gasteiger partial charge in [0.1, 0.15) is 11.5 Å². The van der Waals surface area contributed by atoms with E-state index < -0.39 is 0 Å². The molecule has 0 aliphatic heterocycles. The number of carbonyl (C=O) groups excluding carboxylic acids is 2. The van der Waals surface area contributed by atoms with Crippen molar-refractivity contribution in [1.29, 1.82) is 0 Å². The highest BCUT2D eigenvalue weighted by molar-refractivity contribution is 8.00. The summed E-state index contributed by atoms with van der Waals surface area (Å²) in [4.78, 5) is 22.7. The number of aromatic hydroxyl groups is 2. The molecule has 0 saturated heterocycles. The molecule has 0 fully saturated rings. The van der Waals surface area contributed by atoms with Crippen LogP contribution in [-0.4, -0.2) is 40.1 Å². The molecule has 0 amide bonds. The van der Waals surface area contributed by atoms with E-state index in [1.54, 1.807) is 6.92 Å². The summed E-state index contributed by atoms with van der Waals surface area (Å²) in [6.07, 6.45) is 0. The van der Waals surface area contributed by atoms with Crippen molar-refractivity contribution in [2.24, 2.45) is 0 Å². The largest absolute Gasteiger partial charge is 0.508 e. The molecule has 0 spiro atoms. The van der Waals surface area contributed by atoms with E-state index in [1.165, 1.54) is 12.1 Å². The van der Waals surface area contributed by atoms with Gasteiger partial charge >= 0.3 is 5.97 Å². The second-order valence-corrected chi connectivity index (χ2v) is 4.41. The lowest BCUT2D eigenvalue weighted by atomic mass is 10.1. The smallest absolute Gasteiger partial charge is 0.315 e. The number of ether oxygens (including phenoxy) is 1. The van der Waals surface area contributed by atoms with Crippen LogP contribution in [0.2, 0.25) is 0 Å². The maximum absolute atomic E-state index is 11.7. The Hall–Kier alpha value is -1.69. The Bertz CT molecular complexity index is 444. The molecule has 0 bridgehead atoms. The van der Waals surface area contributed by atoms with Crippen LogP contribution in [0, 0.1) is 0 Å². The van der Waals surface area contributed by atoms with Crippen molar-refractivity contribution in [3.63, 3.8) is 0 Å². The number of ketones is 1. The summed E-state index contributed by atoms with van der Waals surface area (Å²) in [7, 11) is 0. The predicted octanol–water partition coefficient (Wildman–Crippen LogP) is 1.58. The van der Waals surface area contributed by atoms with Crippen molar-refractivity contribution in [2.75, 3.05) is 18.1 Å². The fourth-order valence-electron chi connectivity index (χ4n) is 1.26. The summed E-state index contributed by atoms with van der Waals surface area (Å²) >= 11 is 1.12. The molecule has 98 valence electrons. The molecule has 0 saturated carbocycles. The lowest BCUT2D eigenvalue weighted by Gasteiger charge is -2.04. The van der Waals surface area contributed by atoms with E-state index in [1.807, 2.05) is 0 Å². The maximum atomic E-state index is 11.7. The van der Waals surface area contributed by atoms with Crippen molar-refractivity contribution >= 4 is 23.5 Å². The van der Waals surface area contributed by atoms with Gasteiger partial charge in [0, 0.05) is 6.07 Å². The van der Waals surface area contributed by atoms with E-state index in [4.69, 9.17) is 9.84 Å². The third-order valence-corrected chi connectivity index (χ3v) is 2.95. The molecule has 6 heteroatoms. The zero-order chi connectivity index (χ0) is 13.5. The first-order chi connectivity index (χ1) is 8.54. The fourth-order valence-corrected chi connectivity index (χ4v) is 1.96. The lowest BCUT2D eigenvalue weighted by molar-refractivity contribution is -0.139. The Balaban J connectivity index is 2.48. The van der Waals surface area contributed by atoms with Gasteiger partial charge in [-0.3, -0.25) is 9.59 Å². The molecular weight excluding hydrogens is 256 g/mol. The molecule has 0 aliphatic rings. The van der Waals surface area contributed by atoms with Crippen LogP contribution in [0.1, 0.15) is 17.3 Å². The number of phenolic OH excluding ortho intramolecular Hbond substituents is 2. The molecule has 1 aromatic rings. The average molecular weight is 270 g/mol. The van der Waals surface area contributed by atoms with E-state index in [0.29, 0.717) is 6.61 Å². The minimum Gasteiger partial charge on any atom is -0.508 e. The number of rotatable bonds is 6. The van der Waals surface area contributed by atoms with Crippen LogP contribution in [0.15, 0.2) is 18.2 Å². The van der Waals surface area contributed by atoms with Crippen LogP contribution in [0.5, 0.6) is 11.5 Å². The van der Waals surface area contributed by atoms with E-state index >= 15 is 0 Å². The number of esters is 1. The quantitative estimate of drug-likeness (QED) is 0.603. The Kier molecular flexibility index (Phi) is 5.51. The number of carbonyl (C=O) groups is 2. The number of benzene rings is 1. The summed E-state index contributed by atoms with van der Waals surface area (Å²) in [6, 6.07) is 3.77. The molecular formula is C12H14O5S. The number of thioether (sulfide) groups is 1. The third-order valence-electron chi connectivity index (χ3n) is 2.04. The molecule has 1 aromatic carbocycles. The van der Waals surface area contributed by atoms with Crippen molar-refractivity contribution in [1.82, 2.24) is 0 Å². The summed E-state index contributed by atoms with van der Waals surface area (Å²) in [5, 5.41) is 18.6. The predicted molar refractivity (Wildman–Crippen MR) is 68.1 cm³/mol. The normalized spacial score (nSPS) is 10.1. The highest BCUT2D eigenvalue weighted by atomic mass is 32.2. The minimum atomic E-state index is -0.370. The minimum absolute atomic E-state index is 0.0666. The van der Waals surface area contributed by atoms with Crippen LogP contribution >= 0.6 is 11.8 Å². The average Bonchev–Trinajstić information content (AvgIpc) is 2.29. The highest BCUT2D eigenvalue weighted by Gasteiger charge is 2.12. The fraction of sp³-hybridized carbons (Fsp3) is 0.333. The molecule has 0 unspecified atom stereocenters. The van der Waals surface area contributed by atoms with Crippen LogP contribution < -0.4 is 0 Å². The van der Waals surface area contributed by atoms with Crippen molar-refractivity contribution in [3.05, 3.63) is 23.8 Å². The monoisotopic (exact) mass is 270 g/mol. The van der Waals surface area contributed by atoms with E-state index in [0.717, 1.165) is 17.8 Å². The summed E-state index contributed by atoms with van der Waals surface area (Å²) in [6.45, 7) is 2.02. The molecule has 2 N–H and O–H groups in total. The number of Topliss-reactive ketones (excluding diaryl/α,β-unsaturated/α-hetero) is 1. The second kappa shape index (κ2) is 6.90. The molecule has 0 aromatic heterocycles. The Morgan fingerprint density at radius 2 is 2.00 bits per heavy atom. The van der Waals surface area contributed by atoms with Crippen molar-refractivity contribution < 1.29 is 24.5 Å². The van der Waals surface area contributed by atoms with Crippen molar-refractivity contribution in [3.8, 4) is 11.5 Å². The molecule has 5 nitrogen and oxygen atoms in total. The first-order valence-electron chi connectivity index (χ1n) is 5.33. The molecule has 0 radical (unpaired) electrons. The zero-order valence-corrected chi connectivity index (χ0v) is 10.7. The van der Waals surface area contributed by atoms with Gasteiger partial charge in [-0.25, -0.2) is 0 Å². The Labute approximate surface area is 109 Å². The lowest BCUT2D eigenvalue weighted by Crippen LogP contribution is -2.10. The van der Waals surface area contributed by atoms with Crippen LogP contribution in [0.4, 0.5) is 0 Å². The first kappa shape index (κ1) is 14.4. The number of hydrogen-bond donors (Lipinski definition) is 2. The third kappa shape index (κ3) is 4.29. The molecule has 0 heterocycles. The van der Waals surface area contributed by atoms with Crippen LogP contribution in [0.3, 0.4) is 0 Å². The van der Waals surface area contributed by atoms with Gasteiger partial charge in [-0.1, -0.05) is 0 Å². The summed E-state index contributed by atoms with van der Waals surface area (Å²) in [5.74, 6) is -0.887. The van der Waals surface area contributed by atoms with E-state index in [-0.39, 0.29) is 40.3 Å².